The number of nitrogens with zero attached hydrogens (tertiary/aromatic N) is 1. The number of carboxylic acids is 1. The third kappa shape index (κ3) is 3.88. The fourth-order valence-corrected chi connectivity index (χ4v) is 3.91. The molecule has 0 saturated carbocycles. The van der Waals surface area contributed by atoms with Crippen molar-refractivity contribution >= 4 is 34.3 Å². The first-order chi connectivity index (χ1) is 15.4. The highest BCUT2D eigenvalue weighted by molar-refractivity contribution is 6.31. The number of methoxy groups -OCH3 is 1. The molecule has 6 nitrogen and oxygen atoms in total. The van der Waals surface area contributed by atoms with Gasteiger partial charge in [-0.1, -0.05) is 54.1 Å². The van der Waals surface area contributed by atoms with Crippen molar-refractivity contribution in [1.29, 1.82) is 0 Å². The van der Waals surface area contributed by atoms with E-state index in [2.05, 4.69) is 0 Å². The number of carbonyl (C=O) groups is 2. The predicted molar refractivity (Wildman–Crippen MR) is 122 cm³/mol. The lowest BCUT2D eigenvalue weighted by atomic mass is 9.96. The molecule has 1 N–H and O–H groups in total. The van der Waals surface area contributed by atoms with Gasteiger partial charge in [-0.15, -0.1) is 0 Å². The number of ether oxygens (including phenoxy) is 1. The molecule has 1 aromatic heterocycles. The summed E-state index contributed by atoms with van der Waals surface area (Å²) in [6.07, 6.45) is 0. The smallest absolute Gasteiger partial charge is 0.353 e. The highest BCUT2D eigenvalue weighted by Gasteiger charge is 2.23. The van der Waals surface area contributed by atoms with Crippen LogP contribution in [0.1, 0.15) is 26.4 Å². The van der Waals surface area contributed by atoms with E-state index in [-0.39, 0.29) is 12.2 Å². The lowest BCUT2D eigenvalue weighted by Crippen LogP contribution is -2.28. The number of benzene rings is 3. The minimum Gasteiger partial charge on any atom is -0.477 e. The van der Waals surface area contributed by atoms with Crippen molar-refractivity contribution in [2.75, 3.05) is 7.11 Å². The highest BCUT2D eigenvalue weighted by Crippen LogP contribution is 2.32. The summed E-state index contributed by atoms with van der Waals surface area (Å²) in [5.41, 5.74) is 1.53. The average Bonchev–Trinajstić information content (AvgIpc) is 2.80. The third-order valence-corrected chi connectivity index (χ3v) is 5.45. The molecule has 0 aliphatic rings. The standard InChI is InChI=1S/C25H18ClNO5/c1-32-25(31)17-9-7-15(8-10-17)14-27-22(24(29)30)21(16-5-3-2-4-6-16)20-13-18(26)11-12-19(20)23(27)28/h2-13H,14H2,1H3,(H,29,30). The summed E-state index contributed by atoms with van der Waals surface area (Å²) in [7, 11) is 1.29. The van der Waals surface area contributed by atoms with Gasteiger partial charge in [0, 0.05) is 16.0 Å². The molecule has 0 aliphatic heterocycles. The molecule has 7 heteroatoms. The van der Waals surface area contributed by atoms with Gasteiger partial charge in [-0.05, 0) is 46.8 Å². The fourth-order valence-electron chi connectivity index (χ4n) is 3.74. The molecule has 4 rings (SSSR count). The van der Waals surface area contributed by atoms with Crippen LogP contribution in [-0.2, 0) is 11.3 Å². The van der Waals surface area contributed by atoms with Crippen LogP contribution in [0.2, 0.25) is 5.02 Å². The number of fused-ring (bicyclic) bond motifs is 1. The van der Waals surface area contributed by atoms with Gasteiger partial charge < -0.3 is 9.84 Å². The van der Waals surface area contributed by atoms with Gasteiger partial charge in [0.2, 0.25) is 0 Å². The average molecular weight is 448 g/mol. The maximum atomic E-state index is 13.4. The second-order valence-electron chi connectivity index (χ2n) is 7.16. The molecule has 0 atom stereocenters. The molecule has 0 aliphatic carbocycles. The predicted octanol–water partition coefficient (Wildman–Crippen LogP) is 4.86. The van der Waals surface area contributed by atoms with Gasteiger partial charge in [-0.2, -0.15) is 0 Å². The minimum absolute atomic E-state index is 0.0142. The lowest BCUT2D eigenvalue weighted by molar-refractivity contribution is 0.0599. The first-order valence-corrected chi connectivity index (χ1v) is 10.1. The van der Waals surface area contributed by atoms with Gasteiger partial charge in [0.25, 0.3) is 5.56 Å². The zero-order chi connectivity index (χ0) is 22.8. The van der Waals surface area contributed by atoms with E-state index >= 15 is 0 Å². The Morgan fingerprint density at radius 2 is 1.66 bits per heavy atom. The van der Waals surface area contributed by atoms with Crippen molar-refractivity contribution in [3.63, 3.8) is 0 Å². The largest absolute Gasteiger partial charge is 0.477 e. The van der Waals surface area contributed by atoms with Crippen molar-refractivity contribution in [3.8, 4) is 11.1 Å². The summed E-state index contributed by atoms with van der Waals surface area (Å²) in [4.78, 5) is 37.5. The maximum Gasteiger partial charge on any atom is 0.353 e. The Morgan fingerprint density at radius 3 is 2.28 bits per heavy atom. The van der Waals surface area contributed by atoms with Gasteiger partial charge in [0.05, 0.1) is 19.2 Å². The summed E-state index contributed by atoms with van der Waals surface area (Å²) in [6, 6.07) is 20.3. The van der Waals surface area contributed by atoms with E-state index in [9.17, 15) is 19.5 Å². The molecule has 3 aromatic carbocycles. The number of aromatic carboxylic acids is 1. The number of carbonyl (C=O) groups excluding carboxylic acids is 1. The van der Waals surface area contributed by atoms with Crippen molar-refractivity contribution < 1.29 is 19.4 Å². The van der Waals surface area contributed by atoms with Gasteiger partial charge >= 0.3 is 11.9 Å². The monoisotopic (exact) mass is 447 g/mol. The van der Waals surface area contributed by atoms with Crippen molar-refractivity contribution in [2.24, 2.45) is 0 Å². The van der Waals surface area contributed by atoms with E-state index in [0.29, 0.717) is 38.0 Å². The number of carboxylic acid groups (broad SMARTS) is 1. The van der Waals surface area contributed by atoms with E-state index in [1.165, 1.54) is 11.7 Å². The molecule has 0 spiro atoms. The van der Waals surface area contributed by atoms with Crippen molar-refractivity contribution in [1.82, 2.24) is 4.57 Å². The van der Waals surface area contributed by atoms with E-state index < -0.39 is 17.5 Å². The maximum absolute atomic E-state index is 13.4. The van der Waals surface area contributed by atoms with Crippen LogP contribution in [0, 0.1) is 0 Å². The number of halogens is 1. The van der Waals surface area contributed by atoms with Crippen LogP contribution < -0.4 is 5.56 Å². The molecular weight excluding hydrogens is 430 g/mol. The number of aromatic nitrogens is 1. The second kappa shape index (κ2) is 8.69. The fraction of sp³-hybridized carbons (Fsp3) is 0.0800. The van der Waals surface area contributed by atoms with Crippen LogP contribution in [0.4, 0.5) is 0 Å². The molecule has 0 fully saturated rings. The van der Waals surface area contributed by atoms with Crippen molar-refractivity contribution in [3.05, 3.63) is 105 Å². The topological polar surface area (TPSA) is 85.6 Å². The number of rotatable bonds is 5. The molecule has 0 unspecified atom stereocenters. The second-order valence-corrected chi connectivity index (χ2v) is 7.60. The molecule has 0 amide bonds. The first-order valence-electron chi connectivity index (χ1n) is 9.72. The van der Waals surface area contributed by atoms with E-state index in [1.807, 2.05) is 6.07 Å². The lowest BCUT2D eigenvalue weighted by Gasteiger charge is -2.18. The molecule has 0 radical (unpaired) electrons. The summed E-state index contributed by atoms with van der Waals surface area (Å²) < 4.78 is 5.95. The Labute approximate surface area is 188 Å². The quantitative estimate of drug-likeness (QED) is 0.442. The molecule has 0 bridgehead atoms. The van der Waals surface area contributed by atoms with E-state index in [0.717, 1.165) is 0 Å². The van der Waals surface area contributed by atoms with Crippen LogP contribution in [0.15, 0.2) is 77.6 Å². The third-order valence-electron chi connectivity index (χ3n) is 5.21. The Morgan fingerprint density at radius 1 is 0.969 bits per heavy atom. The van der Waals surface area contributed by atoms with E-state index in [4.69, 9.17) is 16.3 Å². The number of hydrogen-bond acceptors (Lipinski definition) is 4. The molecule has 160 valence electrons. The van der Waals surface area contributed by atoms with Crippen LogP contribution in [0.3, 0.4) is 0 Å². The number of hydrogen-bond donors (Lipinski definition) is 1. The first kappa shape index (κ1) is 21.3. The zero-order valence-corrected chi connectivity index (χ0v) is 17.8. The van der Waals surface area contributed by atoms with Crippen LogP contribution in [0.25, 0.3) is 21.9 Å². The minimum atomic E-state index is -1.23. The Hall–Kier alpha value is -3.90. The van der Waals surface area contributed by atoms with Gasteiger partial charge in [-0.25, -0.2) is 9.59 Å². The zero-order valence-electron chi connectivity index (χ0n) is 17.0. The van der Waals surface area contributed by atoms with Crippen LogP contribution in [0.5, 0.6) is 0 Å². The van der Waals surface area contributed by atoms with Crippen molar-refractivity contribution in [2.45, 2.75) is 6.54 Å². The Kier molecular flexibility index (Phi) is 5.79. The molecule has 1 heterocycles. The van der Waals surface area contributed by atoms with Crippen LogP contribution in [-0.4, -0.2) is 28.7 Å². The van der Waals surface area contributed by atoms with Gasteiger partial charge in [0.15, 0.2) is 0 Å². The van der Waals surface area contributed by atoms with E-state index in [1.54, 1.807) is 66.7 Å². The van der Waals surface area contributed by atoms with Gasteiger partial charge in [-0.3, -0.25) is 9.36 Å². The summed E-state index contributed by atoms with van der Waals surface area (Å²) in [5, 5.41) is 11.4. The highest BCUT2D eigenvalue weighted by atomic mass is 35.5. The molecule has 32 heavy (non-hydrogen) atoms. The Bertz CT molecular complexity index is 1390. The normalized spacial score (nSPS) is 10.8. The summed E-state index contributed by atoms with van der Waals surface area (Å²) >= 11 is 6.19. The van der Waals surface area contributed by atoms with Gasteiger partial charge in [0.1, 0.15) is 5.69 Å². The number of esters is 1. The summed E-state index contributed by atoms with van der Waals surface area (Å²) in [5.74, 6) is -1.71. The summed E-state index contributed by atoms with van der Waals surface area (Å²) in [6.45, 7) is 0.0142. The number of pyridine rings is 1. The molecular formula is C25H18ClNO5. The van der Waals surface area contributed by atoms with Crippen LogP contribution >= 0.6 is 11.6 Å². The molecule has 0 saturated heterocycles. The molecule has 4 aromatic rings. The SMILES string of the molecule is COC(=O)c1ccc(Cn2c(C(=O)O)c(-c3ccccc3)c3cc(Cl)ccc3c2=O)cc1. The Balaban J connectivity index is 1.98.